The minimum absolute atomic E-state index is 0. The standard InChI is InChI=1S/C16H22ClN3O3S2.BrH/c1-20-15(19-12-5-3-2-4-6-12)24-10-16(20,21)11-7-8-13(17)14(9-11)25(18,22)23;/h7-9,12,21H,2-6,10H2,1H3,(H2,18,22,23);1H. The Morgan fingerprint density at radius 3 is 2.62 bits per heavy atom. The third kappa shape index (κ3) is 4.39. The highest BCUT2D eigenvalue weighted by Crippen LogP contribution is 2.40. The summed E-state index contributed by atoms with van der Waals surface area (Å²) < 4.78 is 23.4. The molecule has 26 heavy (non-hydrogen) atoms. The van der Waals surface area contributed by atoms with Crippen molar-refractivity contribution in [2.75, 3.05) is 12.8 Å². The lowest BCUT2D eigenvalue weighted by molar-refractivity contribution is -0.0351. The highest BCUT2D eigenvalue weighted by Gasteiger charge is 2.43. The number of rotatable bonds is 3. The van der Waals surface area contributed by atoms with Crippen LogP contribution in [0.1, 0.15) is 37.7 Å². The van der Waals surface area contributed by atoms with E-state index < -0.39 is 15.7 Å². The fourth-order valence-electron chi connectivity index (χ4n) is 3.25. The predicted octanol–water partition coefficient (Wildman–Crippen LogP) is 3.08. The van der Waals surface area contributed by atoms with Crippen LogP contribution in [0.25, 0.3) is 0 Å². The van der Waals surface area contributed by atoms with Crippen LogP contribution in [-0.4, -0.2) is 42.4 Å². The quantitative estimate of drug-likeness (QED) is 0.687. The molecule has 1 aromatic rings. The van der Waals surface area contributed by atoms with Crippen LogP contribution in [-0.2, 0) is 15.7 Å². The molecule has 0 amide bonds. The fourth-order valence-corrected chi connectivity index (χ4v) is 5.58. The molecule has 1 unspecified atom stereocenters. The van der Waals surface area contributed by atoms with E-state index >= 15 is 0 Å². The molecular formula is C16H23BrClN3O3S2. The molecule has 146 valence electrons. The minimum atomic E-state index is -3.96. The first-order valence-electron chi connectivity index (χ1n) is 8.21. The van der Waals surface area contributed by atoms with Crippen LogP contribution in [0.2, 0.25) is 5.02 Å². The molecule has 10 heteroatoms. The van der Waals surface area contributed by atoms with Crippen LogP contribution in [0.15, 0.2) is 28.1 Å². The van der Waals surface area contributed by atoms with Gasteiger partial charge in [0, 0.05) is 12.6 Å². The van der Waals surface area contributed by atoms with Crippen molar-refractivity contribution < 1.29 is 13.5 Å². The van der Waals surface area contributed by atoms with E-state index in [0.717, 1.165) is 18.0 Å². The second-order valence-electron chi connectivity index (χ2n) is 6.56. The van der Waals surface area contributed by atoms with Gasteiger partial charge in [-0.25, -0.2) is 13.6 Å². The number of thioether (sulfide) groups is 1. The normalized spacial score (nSPS) is 26.2. The van der Waals surface area contributed by atoms with Crippen molar-refractivity contribution in [2.45, 2.75) is 48.8 Å². The van der Waals surface area contributed by atoms with Crippen LogP contribution in [0.4, 0.5) is 0 Å². The largest absolute Gasteiger partial charge is 0.366 e. The van der Waals surface area contributed by atoms with Gasteiger partial charge >= 0.3 is 0 Å². The number of halogens is 2. The molecule has 3 rings (SSSR count). The second kappa shape index (κ2) is 8.36. The van der Waals surface area contributed by atoms with Gasteiger partial charge in [0.25, 0.3) is 0 Å². The van der Waals surface area contributed by atoms with Gasteiger partial charge < -0.3 is 10.0 Å². The first-order chi connectivity index (χ1) is 11.7. The highest BCUT2D eigenvalue weighted by atomic mass is 79.9. The summed E-state index contributed by atoms with van der Waals surface area (Å²) in [5.74, 6) is 0.362. The summed E-state index contributed by atoms with van der Waals surface area (Å²) in [5, 5.41) is 17.2. The Morgan fingerprint density at radius 1 is 1.35 bits per heavy atom. The minimum Gasteiger partial charge on any atom is -0.366 e. The summed E-state index contributed by atoms with van der Waals surface area (Å²) in [6.07, 6.45) is 5.79. The molecule has 1 aliphatic heterocycles. The number of hydrogen-bond acceptors (Lipinski definition) is 5. The molecule has 0 bridgehead atoms. The topological polar surface area (TPSA) is 96.0 Å². The number of sulfonamides is 1. The molecule has 1 saturated heterocycles. The first-order valence-corrected chi connectivity index (χ1v) is 11.1. The monoisotopic (exact) mass is 483 g/mol. The summed E-state index contributed by atoms with van der Waals surface area (Å²) in [4.78, 5) is 6.33. The van der Waals surface area contributed by atoms with Gasteiger partial charge in [0.1, 0.15) is 4.90 Å². The maximum atomic E-state index is 11.7. The fraction of sp³-hybridized carbons (Fsp3) is 0.562. The second-order valence-corrected chi connectivity index (χ2v) is 9.44. The van der Waals surface area contributed by atoms with Gasteiger partial charge in [-0.1, -0.05) is 48.7 Å². The summed E-state index contributed by atoms with van der Waals surface area (Å²) in [6.45, 7) is 0. The van der Waals surface area contributed by atoms with Crippen LogP contribution >= 0.6 is 40.3 Å². The third-order valence-electron chi connectivity index (χ3n) is 4.81. The van der Waals surface area contributed by atoms with Crippen molar-refractivity contribution in [3.05, 3.63) is 28.8 Å². The Hall–Kier alpha value is -0.320. The summed E-state index contributed by atoms with van der Waals surface area (Å²) >= 11 is 7.42. The molecule has 6 nitrogen and oxygen atoms in total. The average Bonchev–Trinajstić information content (AvgIpc) is 2.85. The zero-order valence-electron chi connectivity index (χ0n) is 14.4. The average molecular weight is 485 g/mol. The van der Waals surface area contributed by atoms with E-state index in [1.54, 1.807) is 18.0 Å². The summed E-state index contributed by atoms with van der Waals surface area (Å²) in [5.41, 5.74) is -0.910. The van der Waals surface area contributed by atoms with Crippen molar-refractivity contribution >= 4 is 55.5 Å². The van der Waals surface area contributed by atoms with Crippen LogP contribution in [0.3, 0.4) is 0 Å². The molecule has 2 fully saturated rings. The smallest absolute Gasteiger partial charge is 0.239 e. The molecule has 0 radical (unpaired) electrons. The molecule has 3 N–H and O–H groups in total. The maximum Gasteiger partial charge on any atom is 0.239 e. The van der Waals surface area contributed by atoms with E-state index in [0.29, 0.717) is 17.4 Å². The first kappa shape index (κ1) is 22.0. The summed E-state index contributed by atoms with van der Waals surface area (Å²) in [6, 6.07) is 4.71. The summed E-state index contributed by atoms with van der Waals surface area (Å²) in [7, 11) is -2.19. The van der Waals surface area contributed by atoms with E-state index in [1.165, 1.54) is 43.2 Å². The van der Waals surface area contributed by atoms with Gasteiger partial charge in [0.05, 0.1) is 16.8 Å². The molecule has 1 aromatic carbocycles. The predicted molar refractivity (Wildman–Crippen MR) is 112 cm³/mol. The number of nitrogens with zero attached hydrogens (tertiary/aromatic N) is 2. The van der Waals surface area contributed by atoms with E-state index in [2.05, 4.69) is 0 Å². The Labute approximate surface area is 174 Å². The Balaban J connectivity index is 0.00000243. The number of aliphatic hydroxyl groups is 1. The van der Waals surface area contributed by atoms with Gasteiger partial charge in [-0.2, -0.15) is 0 Å². The Bertz CT molecular complexity index is 800. The van der Waals surface area contributed by atoms with Crippen molar-refractivity contribution in [3.8, 4) is 0 Å². The number of primary sulfonamides is 1. The number of nitrogens with two attached hydrogens (primary N) is 1. The lowest BCUT2D eigenvalue weighted by atomic mass is 9.96. The van der Waals surface area contributed by atoms with Crippen molar-refractivity contribution in [1.82, 2.24) is 4.90 Å². The van der Waals surface area contributed by atoms with Gasteiger partial charge in [-0.15, -0.1) is 17.0 Å². The molecule has 2 aliphatic rings. The third-order valence-corrected chi connectivity index (χ3v) is 7.39. The van der Waals surface area contributed by atoms with E-state index in [9.17, 15) is 13.5 Å². The lowest BCUT2D eigenvalue weighted by Crippen LogP contribution is -2.42. The number of aliphatic imine (C=N–C) groups is 1. The van der Waals surface area contributed by atoms with Gasteiger partial charge in [-0.05, 0) is 25.0 Å². The molecular weight excluding hydrogens is 462 g/mol. The number of amidine groups is 1. The van der Waals surface area contributed by atoms with E-state index in [4.69, 9.17) is 21.7 Å². The van der Waals surface area contributed by atoms with Crippen molar-refractivity contribution in [3.63, 3.8) is 0 Å². The van der Waals surface area contributed by atoms with Crippen LogP contribution < -0.4 is 5.14 Å². The number of hydrogen-bond donors (Lipinski definition) is 2. The van der Waals surface area contributed by atoms with E-state index in [1.807, 2.05) is 0 Å². The highest BCUT2D eigenvalue weighted by molar-refractivity contribution is 8.93. The number of benzene rings is 1. The van der Waals surface area contributed by atoms with Gasteiger partial charge in [0.2, 0.25) is 10.0 Å². The zero-order valence-corrected chi connectivity index (χ0v) is 18.5. The van der Waals surface area contributed by atoms with Gasteiger partial charge in [0.15, 0.2) is 10.9 Å². The molecule has 1 heterocycles. The van der Waals surface area contributed by atoms with Crippen LogP contribution in [0, 0.1) is 0 Å². The van der Waals surface area contributed by atoms with E-state index in [-0.39, 0.29) is 26.9 Å². The maximum absolute atomic E-state index is 11.7. The zero-order chi connectivity index (χ0) is 18.2. The molecule has 1 aliphatic carbocycles. The Kier molecular flexibility index (Phi) is 7.07. The van der Waals surface area contributed by atoms with Crippen LogP contribution in [0.5, 0.6) is 0 Å². The lowest BCUT2D eigenvalue weighted by Gasteiger charge is -2.32. The van der Waals surface area contributed by atoms with Gasteiger partial charge in [-0.3, -0.25) is 4.99 Å². The molecule has 0 aromatic heterocycles. The van der Waals surface area contributed by atoms with Crippen molar-refractivity contribution in [1.29, 1.82) is 0 Å². The molecule has 1 saturated carbocycles. The molecule has 0 spiro atoms. The molecule has 1 atom stereocenters. The van der Waals surface area contributed by atoms with Crippen molar-refractivity contribution in [2.24, 2.45) is 10.1 Å². The Morgan fingerprint density at radius 2 is 2.00 bits per heavy atom. The SMILES string of the molecule is Br.CN1C(=NC2CCCCC2)SCC1(O)c1ccc(Cl)c(S(N)(=O)=O)c1.